The number of amides is 1. The quantitative estimate of drug-likeness (QED) is 0.717. The van der Waals surface area contributed by atoms with Crippen LogP contribution >= 0.6 is 0 Å². The van der Waals surface area contributed by atoms with Crippen molar-refractivity contribution in [1.29, 1.82) is 0 Å². The maximum atomic E-state index is 11.5. The molecule has 3 N–H and O–H groups in total. The van der Waals surface area contributed by atoms with Crippen LogP contribution in [-0.4, -0.2) is 28.5 Å². The lowest BCUT2D eigenvalue weighted by atomic mass is 10.2. The van der Waals surface area contributed by atoms with E-state index >= 15 is 0 Å². The highest BCUT2D eigenvalue weighted by Gasteiger charge is 2.26. The molecule has 1 aromatic rings. The Balaban J connectivity index is 1.65. The average Bonchev–Trinajstić information content (AvgIpc) is 3.10. The van der Waals surface area contributed by atoms with Gasteiger partial charge in [-0.2, -0.15) is 0 Å². The molecule has 1 aliphatic heterocycles. The standard InChI is InChI=1S/C12H16N4O2/c17-10-4-3-8(14-10)6-13-9-5-11(18)16-12(15-9)7-1-2-7/h5,7-8H,1-4,6H2,(H,14,17)(H2,13,15,16,18). The number of nitrogens with one attached hydrogen (secondary N) is 3. The fourth-order valence-electron chi connectivity index (χ4n) is 2.18. The van der Waals surface area contributed by atoms with Crippen LogP contribution in [0.3, 0.4) is 0 Å². The lowest BCUT2D eigenvalue weighted by molar-refractivity contribution is -0.119. The molecule has 0 bridgehead atoms. The molecule has 2 aliphatic rings. The molecule has 2 fully saturated rings. The third-order valence-corrected chi connectivity index (χ3v) is 3.34. The molecule has 0 spiro atoms. The van der Waals surface area contributed by atoms with Crippen LogP contribution in [0.25, 0.3) is 0 Å². The first-order valence-corrected chi connectivity index (χ1v) is 6.35. The smallest absolute Gasteiger partial charge is 0.252 e. The Morgan fingerprint density at radius 3 is 2.83 bits per heavy atom. The van der Waals surface area contributed by atoms with Gasteiger partial charge in [-0.1, -0.05) is 0 Å². The summed E-state index contributed by atoms with van der Waals surface area (Å²) in [7, 11) is 0. The maximum absolute atomic E-state index is 11.5. The first kappa shape index (κ1) is 11.3. The normalized spacial score (nSPS) is 22.9. The molecule has 1 aliphatic carbocycles. The summed E-state index contributed by atoms with van der Waals surface area (Å²) in [4.78, 5) is 29.7. The van der Waals surface area contributed by atoms with E-state index in [0.29, 0.717) is 24.7 Å². The van der Waals surface area contributed by atoms with Gasteiger partial charge in [0.05, 0.1) is 0 Å². The fraction of sp³-hybridized carbons (Fsp3) is 0.583. The Morgan fingerprint density at radius 2 is 2.17 bits per heavy atom. The summed E-state index contributed by atoms with van der Waals surface area (Å²) in [6, 6.07) is 1.60. The fourth-order valence-corrected chi connectivity index (χ4v) is 2.18. The monoisotopic (exact) mass is 248 g/mol. The molecule has 1 aromatic heterocycles. The molecule has 1 atom stereocenters. The zero-order chi connectivity index (χ0) is 12.5. The largest absolute Gasteiger partial charge is 0.368 e. The number of carbonyl (C=O) groups is 1. The highest BCUT2D eigenvalue weighted by Crippen LogP contribution is 2.37. The summed E-state index contributed by atoms with van der Waals surface area (Å²) in [5, 5.41) is 6.00. The van der Waals surface area contributed by atoms with Gasteiger partial charge in [0.2, 0.25) is 5.91 Å². The van der Waals surface area contributed by atoms with Crippen LogP contribution in [0.5, 0.6) is 0 Å². The Hall–Kier alpha value is -1.85. The van der Waals surface area contributed by atoms with Crippen molar-refractivity contribution in [2.75, 3.05) is 11.9 Å². The third-order valence-electron chi connectivity index (χ3n) is 3.34. The summed E-state index contributed by atoms with van der Waals surface area (Å²) in [5.41, 5.74) is -0.121. The van der Waals surface area contributed by atoms with Crippen LogP contribution in [-0.2, 0) is 4.79 Å². The van der Waals surface area contributed by atoms with E-state index in [0.717, 1.165) is 25.1 Å². The summed E-state index contributed by atoms with van der Waals surface area (Å²) in [5.74, 6) is 1.90. The second kappa shape index (κ2) is 4.44. The van der Waals surface area contributed by atoms with Gasteiger partial charge in [-0.15, -0.1) is 0 Å². The molecular formula is C12H16N4O2. The van der Waals surface area contributed by atoms with E-state index in [9.17, 15) is 9.59 Å². The number of hydrogen-bond acceptors (Lipinski definition) is 4. The molecule has 0 aromatic carbocycles. The molecular weight excluding hydrogens is 232 g/mol. The van der Waals surface area contributed by atoms with E-state index in [1.54, 1.807) is 0 Å². The molecule has 1 saturated heterocycles. The number of aromatic amines is 1. The van der Waals surface area contributed by atoms with Gasteiger partial charge in [0, 0.05) is 31.0 Å². The van der Waals surface area contributed by atoms with Crippen LogP contribution < -0.4 is 16.2 Å². The molecule has 6 heteroatoms. The predicted molar refractivity (Wildman–Crippen MR) is 66.5 cm³/mol. The van der Waals surface area contributed by atoms with Gasteiger partial charge in [-0.3, -0.25) is 9.59 Å². The van der Waals surface area contributed by atoms with Gasteiger partial charge in [0.25, 0.3) is 5.56 Å². The van der Waals surface area contributed by atoms with E-state index in [4.69, 9.17) is 0 Å². The van der Waals surface area contributed by atoms with Crippen LogP contribution in [0.15, 0.2) is 10.9 Å². The lowest BCUT2D eigenvalue weighted by Gasteiger charge is -2.12. The van der Waals surface area contributed by atoms with E-state index in [1.807, 2.05) is 0 Å². The van der Waals surface area contributed by atoms with Crippen molar-refractivity contribution in [2.45, 2.75) is 37.6 Å². The van der Waals surface area contributed by atoms with E-state index < -0.39 is 0 Å². The third kappa shape index (κ3) is 2.52. The first-order chi connectivity index (χ1) is 8.70. The van der Waals surface area contributed by atoms with Crippen LogP contribution in [0.1, 0.15) is 37.4 Å². The topological polar surface area (TPSA) is 86.9 Å². The summed E-state index contributed by atoms with van der Waals surface area (Å²) in [6.07, 6.45) is 3.63. The van der Waals surface area contributed by atoms with Gasteiger partial charge < -0.3 is 15.6 Å². The van der Waals surface area contributed by atoms with Crippen molar-refractivity contribution >= 4 is 11.7 Å². The number of aromatic nitrogens is 2. The predicted octanol–water partition coefficient (Wildman–Crippen LogP) is 0.338. The van der Waals surface area contributed by atoms with Gasteiger partial charge in [-0.25, -0.2) is 4.98 Å². The first-order valence-electron chi connectivity index (χ1n) is 6.35. The molecule has 1 saturated carbocycles. The molecule has 1 unspecified atom stereocenters. The minimum absolute atomic E-state index is 0.0966. The molecule has 6 nitrogen and oxygen atoms in total. The number of carbonyl (C=O) groups excluding carboxylic acids is 1. The molecule has 2 heterocycles. The Bertz CT molecular complexity index is 521. The second-order valence-corrected chi connectivity index (χ2v) is 4.97. The molecule has 18 heavy (non-hydrogen) atoms. The lowest BCUT2D eigenvalue weighted by Crippen LogP contribution is -2.32. The van der Waals surface area contributed by atoms with Crippen LogP contribution in [0, 0.1) is 0 Å². The van der Waals surface area contributed by atoms with E-state index in [1.165, 1.54) is 6.07 Å². The minimum Gasteiger partial charge on any atom is -0.368 e. The Morgan fingerprint density at radius 1 is 1.33 bits per heavy atom. The van der Waals surface area contributed by atoms with Crippen molar-refractivity contribution in [1.82, 2.24) is 15.3 Å². The van der Waals surface area contributed by atoms with Gasteiger partial charge in [-0.05, 0) is 19.3 Å². The number of anilines is 1. The highest BCUT2D eigenvalue weighted by molar-refractivity contribution is 5.78. The van der Waals surface area contributed by atoms with Crippen molar-refractivity contribution in [3.05, 3.63) is 22.2 Å². The zero-order valence-electron chi connectivity index (χ0n) is 10.0. The van der Waals surface area contributed by atoms with Crippen LogP contribution in [0.4, 0.5) is 5.82 Å². The van der Waals surface area contributed by atoms with E-state index in [2.05, 4.69) is 20.6 Å². The average molecular weight is 248 g/mol. The number of rotatable bonds is 4. The van der Waals surface area contributed by atoms with Gasteiger partial charge in [0.1, 0.15) is 11.6 Å². The van der Waals surface area contributed by atoms with Gasteiger partial charge >= 0.3 is 0 Å². The zero-order valence-corrected chi connectivity index (χ0v) is 10.0. The van der Waals surface area contributed by atoms with Crippen molar-refractivity contribution in [3.63, 3.8) is 0 Å². The number of hydrogen-bond donors (Lipinski definition) is 3. The number of nitrogens with zero attached hydrogens (tertiary/aromatic N) is 1. The summed E-state index contributed by atoms with van der Waals surface area (Å²) in [6.45, 7) is 0.617. The minimum atomic E-state index is -0.121. The van der Waals surface area contributed by atoms with E-state index in [-0.39, 0.29) is 17.5 Å². The van der Waals surface area contributed by atoms with Crippen molar-refractivity contribution in [3.8, 4) is 0 Å². The second-order valence-electron chi connectivity index (χ2n) is 4.97. The molecule has 1 amide bonds. The molecule has 3 rings (SSSR count). The Labute approximate surface area is 104 Å². The Kier molecular flexibility index (Phi) is 2.77. The number of H-pyrrole nitrogens is 1. The molecule has 96 valence electrons. The summed E-state index contributed by atoms with van der Waals surface area (Å²) >= 11 is 0. The highest BCUT2D eigenvalue weighted by atomic mass is 16.2. The SMILES string of the molecule is O=C1CCC(CNc2cc(=O)[nH]c(C3CC3)n2)N1. The van der Waals surface area contributed by atoms with Crippen molar-refractivity contribution in [2.24, 2.45) is 0 Å². The maximum Gasteiger partial charge on any atom is 0.252 e. The van der Waals surface area contributed by atoms with Crippen LogP contribution in [0.2, 0.25) is 0 Å². The van der Waals surface area contributed by atoms with Gasteiger partial charge in [0.15, 0.2) is 0 Å². The summed E-state index contributed by atoms with van der Waals surface area (Å²) < 4.78 is 0. The van der Waals surface area contributed by atoms with Crippen molar-refractivity contribution < 1.29 is 4.79 Å². The molecule has 0 radical (unpaired) electrons.